The highest BCUT2D eigenvalue weighted by Crippen LogP contribution is 2.03. The molecule has 0 atom stereocenters. The molecule has 0 N–H and O–H groups in total. The summed E-state index contributed by atoms with van der Waals surface area (Å²) in [6.45, 7) is 7.32. The maximum atomic E-state index is 3.93. The fourth-order valence-electron chi connectivity index (χ4n) is 0.888. The van der Waals surface area contributed by atoms with Gasteiger partial charge in [0.05, 0.1) is 13.1 Å². The zero-order chi connectivity index (χ0) is 6.69. The van der Waals surface area contributed by atoms with E-state index in [1.54, 1.807) is 0 Å². The van der Waals surface area contributed by atoms with Gasteiger partial charge in [-0.3, -0.25) is 5.01 Å². The maximum Gasteiger partial charge on any atom is 0.0813 e. The quantitative estimate of drug-likeness (QED) is 0.550. The molecule has 1 rings (SSSR count). The average Bonchev–Trinajstić information content (AvgIpc) is 2.15. The zero-order valence-corrected chi connectivity index (χ0v) is 6.04. The second kappa shape index (κ2) is 2.80. The van der Waals surface area contributed by atoms with Crippen molar-refractivity contribution in [1.82, 2.24) is 5.01 Å². The summed E-state index contributed by atoms with van der Waals surface area (Å²) in [6.07, 6.45) is 0. The van der Waals surface area contributed by atoms with Gasteiger partial charge in [-0.1, -0.05) is 19.1 Å². The molecule has 0 amide bonds. The topological polar surface area (TPSA) is 28.0 Å². The van der Waals surface area contributed by atoms with Gasteiger partial charge in [-0.2, -0.15) is 5.11 Å². The molecule has 0 saturated heterocycles. The van der Waals surface area contributed by atoms with E-state index >= 15 is 0 Å². The monoisotopic (exact) mass is 127 g/mol. The smallest absolute Gasteiger partial charge is 0.0813 e. The summed E-state index contributed by atoms with van der Waals surface area (Å²) in [5.41, 5.74) is 0. The summed E-state index contributed by atoms with van der Waals surface area (Å²) in [6, 6.07) is 0. The molecular formula is C6H13N3. The molecule has 0 aromatic carbocycles. The molecule has 0 bridgehead atoms. The molecule has 0 spiro atoms. The highest BCUT2D eigenvalue weighted by Gasteiger charge is 2.07. The van der Waals surface area contributed by atoms with E-state index in [2.05, 4.69) is 24.2 Å². The van der Waals surface area contributed by atoms with Crippen LogP contribution >= 0.6 is 0 Å². The lowest BCUT2D eigenvalue weighted by Gasteiger charge is -2.13. The first-order chi connectivity index (χ1) is 4.29. The minimum Gasteiger partial charge on any atom is -0.277 e. The van der Waals surface area contributed by atoms with Crippen LogP contribution in [-0.4, -0.2) is 24.6 Å². The summed E-state index contributed by atoms with van der Waals surface area (Å²) in [4.78, 5) is 0. The van der Waals surface area contributed by atoms with Gasteiger partial charge in [0.1, 0.15) is 0 Å². The first kappa shape index (κ1) is 6.52. The molecule has 1 heterocycles. The molecule has 0 aromatic rings. The summed E-state index contributed by atoms with van der Waals surface area (Å²) >= 11 is 0. The number of hydrogen-bond acceptors (Lipinski definition) is 3. The van der Waals surface area contributed by atoms with E-state index in [1.165, 1.54) is 0 Å². The van der Waals surface area contributed by atoms with Gasteiger partial charge in [-0.25, -0.2) is 0 Å². The van der Waals surface area contributed by atoms with E-state index in [9.17, 15) is 0 Å². The van der Waals surface area contributed by atoms with Crippen molar-refractivity contribution in [3.05, 3.63) is 0 Å². The van der Waals surface area contributed by atoms with Crippen molar-refractivity contribution in [2.45, 2.75) is 13.8 Å². The summed E-state index contributed by atoms with van der Waals surface area (Å²) in [5, 5.41) is 9.82. The van der Waals surface area contributed by atoms with Crippen molar-refractivity contribution in [2.75, 3.05) is 19.6 Å². The predicted octanol–water partition coefficient (Wildman–Crippen LogP) is 1.33. The van der Waals surface area contributed by atoms with Crippen LogP contribution in [0.3, 0.4) is 0 Å². The highest BCUT2D eigenvalue weighted by molar-refractivity contribution is 4.59. The number of hydrogen-bond donors (Lipinski definition) is 0. The van der Waals surface area contributed by atoms with Gasteiger partial charge in [-0.05, 0) is 5.92 Å². The highest BCUT2D eigenvalue weighted by atomic mass is 15.6. The molecule has 3 heteroatoms. The summed E-state index contributed by atoms with van der Waals surface area (Å²) < 4.78 is 0. The van der Waals surface area contributed by atoms with Crippen LogP contribution < -0.4 is 0 Å². The SMILES string of the molecule is CC(C)CN1CCN=N1. The van der Waals surface area contributed by atoms with Crippen LogP contribution in [0.1, 0.15) is 13.8 Å². The Balaban J connectivity index is 2.20. The van der Waals surface area contributed by atoms with Crippen molar-refractivity contribution in [3.63, 3.8) is 0 Å². The molecule has 0 radical (unpaired) electrons. The fraction of sp³-hybridized carbons (Fsp3) is 1.00. The van der Waals surface area contributed by atoms with Crippen LogP contribution in [0.15, 0.2) is 10.3 Å². The van der Waals surface area contributed by atoms with Crippen molar-refractivity contribution in [1.29, 1.82) is 0 Å². The molecule has 0 saturated carbocycles. The van der Waals surface area contributed by atoms with Crippen LogP contribution in [0.25, 0.3) is 0 Å². The van der Waals surface area contributed by atoms with Crippen LogP contribution in [0.5, 0.6) is 0 Å². The number of rotatable bonds is 2. The van der Waals surface area contributed by atoms with Crippen molar-refractivity contribution >= 4 is 0 Å². The second-order valence-corrected chi connectivity index (χ2v) is 2.76. The number of nitrogens with zero attached hydrogens (tertiary/aromatic N) is 3. The van der Waals surface area contributed by atoms with Crippen molar-refractivity contribution in [3.8, 4) is 0 Å². The summed E-state index contributed by atoms with van der Waals surface area (Å²) in [5.74, 6) is 0.696. The van der Waals surface area contributed by atoms with Gasteiger partial charge >= 0.3 is 0 Å². The van der Waals surface area contributed by atoms with Gasteiger partial charge in [0.2, 0.25) is 0 Å². The van der Waals surface area contributed by atoms with Crippen molar-refractivity contribution < 1.29 is 0 Å². The third-order valence-electron chi connectivity index (χ3n) is 1.22. The maximum absolute atomic E-state index is 3.93. The Morgan fingerprint density at radius 3 is 2.78 bits per heavy atom. The Kier molecular flexibility index (Phi) is 2.03. The molecule has 0 fully saturated rings. The zero-order valence-electron chi connectivity index (χ0n) is 6.04. The molecule has 0 aliphatic carbocycles. The molecule has 9 heavy (non-hydrogen) atoms. The summed E-state index contributed by atoms with van der Waals surface area (Å²) in [7, 11) is 0. The van der Waals surface area contributed by atoms with E-state index in [0.717, 1.165) is 19.6 Å². The van der Waals surface area contributed by atoms with E-state index in [1.807, 2.05) is 5.01 Å². The largest absolute Gasteiger partial charge is 0.277 e. The van der Waals surface area contributed by atoms with E-state index < -0.39 is 0 Å². The molecule has 0 unspecified atom stereocenters. The average molecular weight is 127 g/mol. The first-order valence-electron chi connectivity index (χ1n) is 3.41. The lowest BCUT2D eigenvalue weighted by molar-refractivity contribution is 0.281. The Bertz CT molecular complexity index is 109. The van der Waals surface area contributed by atoms with Crippen LogP contribution in [0, 0.1) is 5.92 Å². The Hall–Kier alpha value is -0.600. The molecule has 3 nitrogen and oxygen atoms in total. The van der Waals surface area contributed by atoms with E-state index in [-0.39, 0.29) is 0 Å². The lowest BCUT2D eigenvalue weighted by Crippen LogP contribution is -2.20. The van der Waals surface area contributed by atoms with Gasteiger partial charge in [0.15, 0.2) is 0 Å². The van der Waals surface area contributed by atoms with Gasteiger partial charge in [0, 0.05) is 6.54 Å². The molecule has 1 aliphatic rings. The third kappa shape index (κ3) is 2.00. The molecule has 0 aromatic heterocycles. The van der Waals surface area contributed by atoms with Gasteiger partial charge in [0.25, 0.3) is 0 Å². The first-order valence-corrected chi connectivity index (χ1v) is 3.41. The second-order valence-electron chi connectivity index (χ2n) is 2.76. The van der Waals surface area contributed by atoms with Gasteiger partial charge < -0.3 is 0 Å². The Morgan fingerprint density at radius 1 is 1.56 bits per heavy atom. The molecule has 52 valence electrons. The van der Waals surface area contributed by atoms with E-state index in [4.69, 9.17) is 0 Å². The van der Waals surface area contributed by atoms with Crippen LogP contribution in [0.2, 0.25) is 0 Å². The Labute approximate surface area is 55.7 Å². The molecule has 1 aliphatic heterocycles. The molecular weight excluding hydrogens is 114 g/mol. The lowest BCUT2D eigenvalue weighted by atomic mass is 10.2. The standard InChI is InChI=1S/C6H13N3/c1-6(2)5-9-4-3-7-8-9/h6H,3-5H2,1-2H3. The Morgan fingerprint density at radius 2 is 2.33 bits per heavy atom. The van der Waals surface area contributed by atoms with Gasteiger partial charge in [-0.15, -0.1) is 0 Å². The van der Waals surface area contributed by atoms with Crippen LogP contribution in [0.4, 0.5) is 0 Å². The van der Waals surface area contributed by atoms with Crippen LogP contribution in [-0.2, 0) is 0 Å². The third-order valence-corrected chi connectivity index (χ3v) is 1.22. The normalized spacial score (nSPS) is 17.9. The minimum atomic E-state index is 0.696. The minimum absolute atomic E-state index is 0.696. The van der Waals surface area contributed by atoms with E-state index in [0.29, 0.717) is 5.92 Å². The van der Waals surface area contributed by atoms with Crippen molar-refractivity contribution in [2.24, 2.45) is 16.3 Å². The predicted molar refractivity (Wildman–Crippen MR) is 36.1 cm³/mol. The fourth-order valence-corrected chi connectivity index (χ4v) is 0.888.